The molecule has 0 radical (unpaired) electrons. The number of rotatable bonds is 4. The van der Waals surface area contributed by atoms with Gasteiger partial charge >= 0.3 is 0 Å². The van der Waals surface area contributed by atoms with E-state index in [1.165, 1.54) is 5.00 Å². The Morgan fingerprint density at radius 1 is 1.39 bits per heavy atom. The number of hydrogen-bond acceptors (Lipinski definition) is 5. The SMILES string of the molecule is CCNC(=NCC1(O)CCSC1)N1CCN(c2cccs2)CC1. The molecule has 2 fully saturated rings. The predicted molar refractivity (Wildman–Crippen MR) is 101 cm³/mol. The van der Waals surface area contributed by atoms with Gasteiger partial charge in [-0.25, -0.2) is 0 Å². The third-order valence-electron chi connectivity index (χ3n) is 4.34. The van der Waals surface area contributed by atoms with E-state index in [9.17, 15) is 5.11 Å². The zero-order chi connectivity index (χ0) is 16.1. The number of hydrogen-bond donors (Lipinski definition) is 2. The first-order valence-electron chi connectivity index (χ1n) is 8.32. The minimum Gasteiger partial charge on any atom is -0.387 e. The van der Waals surface area contributed by atoms with Gasteiger partial charge in [-0.1, -0.05) is 0 Å². The van der Waals surface area contributed by atoms with Gasteiger partial charge in [0.2, 0.25) is 0 Å². The van der Waals surface area contributed by atoms with E-state index >= 15 is 0 Å². The summed E-state index contributed by atoms with van der Waals surface area (Å²) in [6.45, 7) is 7.44. The van der Waals surface area contributed by atoms with Crippen LogP contribution in [0.3, 0.4) is 0 Å². The molecule has 3 rings (SSSR count). The number of piperazine rings is 1. The molecule has 3 heterocycles. The van der Waals surface area contributed by atoms with Crippen LogP contribution in [0.2, 0.25) is 0 Å². The Bertz CT molecular complexity index is 506. The molecule has 1 aromatic heterocycles. The van der Waals surface area contributed by atoms with E-state index in [0.29, 0.717) is 6.54 Å². The zero-order valence-electron chi connectivity index (χ0n) is 13.7. The number of nitrogens with one attached hydrogen (secondary N) is 1. The van der Waals surface area contributed by atoms with Crippen molar-refractivity contribution in [1.29, 1.82) is 0 Å². The van der Waals surface area contributed by atoms with Gasteiger partial charge in [0.05, 0.1) is 17.1 Å². The summed E-state index contributed by atoms with van der Waals surface area (Å²) in [7, 11) is 0. The van der Waals surface area contributed by atoms with Crippen LogP contribution in [0.25, 0.3) is 0 Å². The molecule has 2 saturated heterocycles. The van der Waals surface area contributed by atoms with Gasteiger partial charge in [0.1, 0.15) is 0 Å². The van der Waals surface area contributed by atoms with Gasteiger partial charge in [-0.2, -0.15) is 11.8 Å². The highest BCUT2D eigenvalue weighted by Crippen LogP contribution is 2.28. The molecule has 0 aliphatic carbocycles. The fourth-order valence-corrected chi connectivity index (χ4v) is 5.03. The molecule has 0 amide bonds. The fraction of sp³-hybridized carbons (Fsp3) is 0.688. The van der Waals surface area contributed by atoms with Crippen molar-refractivity contribution in [2.24, 2.45) is 4.99 Å². The summed E-state index contributed by atoms with van der Waals surface area (Å²) in [5, 5.41) is 17.4. The molecule has 2 aliphatic rings. The second-order valence-electron chi connectivity index (χ2n) is 6.12. The normalized spacial score (nSPS) is 25.9. The van der Waals surface area contributed by atoms with Crippen molar-refractivity contribution in [2.75, 3.05) is 55.7 Å². The smallest absolute Gasteiger partial charge is 0.194 e. The molecule has 23 heavy (non-hydrogen) atoms. The lowest BCUT2D eigenvalue weighted by Crippen LogP contribution is -2.52. The molecule has 1 atom stereocenters. The molecule has 0 aromatic carbocycles. The van der Waals surface area contributed by atoms with Gasteiger partial charge in [-0.15, -0.1) is 11.3 Å². The Labute approximate surface area is 146 Å². The summed E-state index contributed by atoms with van der Waals surface area (Å²) in [5.41, 5.74) is -0.607. The van der Waals surface area contributed by atoms with Crippen LogP contribution in [0, 0.1) is 0 Å². The number of guanidine groups is 1. The molecule has 1 aromatic rings. The first kappa shape index (κ1) is 16.9. The molecule has 0 spiro atoms. The van der Waals surface area contributed by atoms with E-state index in [1.54, 1.807) is 11.3 Å². The van der Waals surface area contributed by atoms with Crippen LogP contribution < -0.4 is 10.2 Å². The molecular weight excluding hydrogens is 328 g/mol. The van der Waals surface area contributed by atoms with Crippen molar-refractivity contribution in [3.05, 3.63) is 17.5 Å². The van der Waals surface area contributed by atoms with Crippen molar-refractivity contribution >= 4 is 34.1 Å². The number of thioether (sulfide) groups is 1. The second kappa shape index (κ2) is 7.77. The average Bonchev–Trinajstić information content (AvgIpc) is 3.24. The van der Waals surface area contributed by atoms with Crippen molar-refractivity contribution < 1.29 is 5.11 Å². The van der Waals surface area contributed by atoms with Gasteiger partial charge in [-0.05, 0) is 36.6 Å². The maximum absolute atomic E-state index is 10.5. The van der Waals surface area contributed by atoms with E-state index in [1.807, 2.05) is 11.8 Å². The minimum atomic E-state index is -0.607. The van der Waals surface area contributed by atoms with Gasteiger partial charge in [0.25, 0.3) is 0 Å². The highest BCUT2D eigenvalue weighted by atomic mass is 32.2. The molecule has 0 bridgehead atoms. The standard InChI is InChI=1S/C16H26N4OS2/c1-2-17-15(18-12-16(21)5-11-22-13-16)20-8-6-19(7-9-20)14-4-3-10-23-14/h3-4,10,21H,2,5-9,11-13H2,1H3,(H,17,18). The Hall–Kier alpha value is -0.920. The Kier molecular flexibility index (Phi) is 5.71. The van der Waals surface area contributed by atoms with Gasteiger partial charge in [-0.3, -0.25) is 4.99 Å². The van der Waals surface area contributed by atoms with Crippen molar-refractivity contribution in [2.45, 2.75) is 18.9 Å². The molecule has 2 aliphatic heterocycles. The van der Waals surface area contributed by atoms with Gasteiger partial charge in [0.15, 0.2) is 5.96 Å². The summed E-state index contributed by atoms with van der Waals surface area (Å²) in [6, 6.07) is 4.30. The van der Waals surface area contributed by atoms with Crippen LogP contribution in [0.1, 0.15) is 13.3 Å². The molecular formula is C16H26N4OS2. The Balaban J connectivity index is 1.58. The maximum Gasteiger partial charge on any atom is 0.194 e. The predicted octanol–water partition coefficient (Wildman–Crippen LogP) is 1.70. The van der Waals surface area contributed by atoms with Crippen molar-refractivity contribution in [1.82, 2.24) is 10.2 Å². The monoisotopic (exact) mass is 354 g/mol. The minimum absolute atomic E-state index is 0.507. The summed E-state index contributed by atoms with van der Waals surface area (Å²) in [4.78, 5) is 9.49. The molecule has 2 N–H and O–H groups in total. The first-order valence-corrected chi connectivity index (χ1v) is 10.4. The van der Waals surface area contributed by atoms with E-state index in [-0.39, 0.29) is 0 Å². The first-order chi connectivity index (χ1) is 11.2. The van der Waals surface area contributed by atoms with Crippen LogP contribution >= 0.6 is 23.1 Å². The summed E-state index contributed by atoms with van der Waals surface area (Å²) in [6.07, 6.45) is 0.854. The quantitative estimate of drug-likeness (QED) is 0.637. The van der Waals surface area contributed by atoms with E-state index in [0.717, 1.165) is 56.6 Å². The van der Waals surface area contributed by atoms with Crippen LogP contribution in [0.4, 0.5) is 5.00 Å². The molecule has 128 valence electrons. The molecule has 0 saturated carbocycles. The van der Waals surface area contributed by atoms with E-state index < -0.39 is 5.60 Å². The summed E-state index contributed by atoms with van der Waals surface area (Å²) in [5.74, 6) is 2.80. The van der Waals surface area contributed by atoms with Gasteiger partial charge < -0.3 is 20.2 Å². The number of anilines is 1. The molecule has 1 unspecified atom stereocenters. The number of aliphatic hydroxyl groups is 1. The Morgan fingerprint density at radius 3 is 2.83 bits per heavy atom. The molecule has 7 heteroatoms. The lowest BCUT2D eigenvalue weighted by Gasteiger charge is -2.37. The van der Waals surface area contributed by atoms with Crippen LogP contribution in [0.15, 0.2) is 22.5 Å². The third-order valence-corrected chi connectivity index (χ3v) is 6.50. The second-order valence-corrected chi connectivity index (χ2v) is 8.15. The van der Waals surface area contributed by atoms with E-state index in [4.69, 9.17) is 4.99 Å². The topological polar surface area (TPSA) is 51.1 Å². The molecule has 5 nitrogen and oxygen atoms in total. The van der Waals surface area contributed by atoms with Crippen LogP contribution in [-0.4, -0.2) is 72.3 Å². The number of thiophene rings is 1. The van der Waals surface area contributed by atoms with Crippen molar-refractivity contribution in [3.63, 3.8) is 0 Å². The lowest BCUT2D eigenvalue weighted by atomic mass is 10.0. The van der Waals surface area contributed by atoms with Gasteiger partial charge in [0, 0.05) is 38.5 Å². The Morgan fingerprint density at radius 2 is 2.22 bits per heavy atom. The number of aliphatic imine (C=N–C) groups is 1. The third kappa shape index (κ3) is 4.33. The summed E-state index contributed by atoms with van der Waals surface area (Å²) < 4.78 is 0. The lowest BCUT2D eigenvalue weighted by molar-refractivity contribution is 0.0775. The highest BCUT2D eigenvalue weighted by Gasteiger charge is 2.32. The summed E-state index contributed by atoms with van der Waals surface area (Å²) >= 11 is 3.62. The van der Waals surface area contributed by atoms with Crippen LogP contribution in [-0.2, 0) is 0 Å². The maximum atomic E-state index is 10.5. The zero-order valence-corrected chi connectivity index (χ0v) is 15.3. The van der Waals surface area contributed by atoms with Crippen LogP contribution in [0.5, 0.6) is 0 Å². The van der Waals surface area contributed by atoms with E-state index in [2.05, 4.69) is 39.6 Å². The highest BCUT2D eigenvalue weighted by molar-refractivity contribution is 7.99. The largest absolute Gasteiger partial charge is 0.387 e. The fourth-order valence-electron chi connectivity index (χ4n) is 2.96. The van der Waals surface area contributed by atoms with Crippen molar-refractivity contribution in [3.8, 4) is 0 Å². The number of nitrogens with zero attached hydrogens (tertiary/aromatic N) is 3. The average molecular weight is 355 g/mol.